The van der Waals surface area contributed by atoms with Crippen LogP contribution in [0.25, 0.3) is 0 Å². The van der Waals surface area contributed by atoms with E-state index in [1.807, 2.05) is 6.07 Å². The third-order valence-electron chi connectivity index (χ3n) is 3.71. The molecule has 0 radical (unpaired) electrons. The van der Waals surface area contributed by atoms with Crippen LogP contribution in [-0.4, -0.2) is 28.3 Å². The predicted octanol–water partition coefficient (Wildman–Crippen LogP) is 2.23. The Bertz CT molecular complexity index is 410. The van der Waals surface area contributed by atoms with E-state index in [9.17, 15) is 9.90 Å². The predicted molar refractivity (Wildman–Crippen MR) is 71.0 cm³/mol. The van der Waals surface area contributed by atoms with Gasteiger partial charge in [-0.1, -0.05) is 19.3 Å². The number of carboxylic acid groups (broad SMARTS) is 1. The Labute approximate surface area is 111 Å². The van der Waals surface area contributed by atoms with Crippen molar-refractivity contribution in [3.8, 4) is 0 Å². The van der Waals surface area contributed by atoms with Crippen LogP contribution in [0.1, 0.15) is 47.3 Å². The normalized spacial score (nSPS) is 18.7. The maximum absolute atomic E-state index is 11.0. The monoisotopic (exact) mass is 269 g/mol. The molecule has 0 spiro atoms. The number of carboxylic acids is 1. The molecule has 0 atom stereocenters. The summed E-state index contributed by atoms with van der Waals surface area (Å²) in [6, 6.07) is 1.84. The number of hydrogen-bond donors (Lipinski definition) is 3. The molecule has 2 rings (SSSR count). The molecule has 18 heavy (non-hydrogen) atoms. The highest BCUT2D eigenvalue weighted by Crippen LogP contribution is 2.28. The molecule has 3 N–H and O–H groups in total. The molecule has 5 heteroatoms. The van der Waals surface area contributed by atoms with Gasteiger partial charge in [0.2, 0.25) is 0 Å². The number of carbonyl (C=O) groups is 1. The van der Waals surface area contributed by atoms with Crippen LogP contribution in [0.15, 0.2) is 11.4 Å². The number of nitrogens with one attached hydrogen (secondary N) is 1. The van der Waals surface area contributed by atoms with E-state index in [1.54, 1.807) is 5.38 Å². The quantitative estimate of drug-likeness (QED) is 0.766. The maximum atomic E-state index is 11.0. The highest BCUT2D eigenvalue weighted by Gasteiger charge is 2.30. The van der Waals surface area contributed by atoms with Crippen LogP contribution in [0.4, 0.5) is 0 Å². The zero-order valence-electron chi connectivity index (χ0n) is 10.3. The summed E-state index contributed by atoms with van der Waals surface area (Å²) in [6.07, 6.45) is 5.42. The van der Waals surface area contributed by atoms with Crippen LogP contribution in [0, 0.1) is 0 Å². The summed E-state index contributed by atoms with van der Waals surface area (Å²) in [4.78, 5) is 11.4. The van der Waals surface area contributed by atoms with E-state index in [4.69, 9.17) is 5.11 Å². The number of aromatic carboxylic acids is 1. The fourth-order valence-electron chi connectivity index (χ4n) is 2.56. The molecule has 0 bridgehead atoms. The Hall–Kier alpha value is -0.910. The molecule has 1 heterocycles. The van der Waals surface area contributed by atoms with Gasteiger partial charge in [0.15, 0.2) is 0 Å². The van der Waals surface area contributed by atoms with Crippen molar-refractivity contribution in [1.82, 2.24) is 5.32 Å². The molecule has 1 aliphatic carbocycles. The Morgan fingerprint density at radius 2 is 2.11 bits per heavy atom. The van der Waals surface area contributed by atoms with Crippen molar-refractivity contribution in [3.05, 3.63) is 21.9 Å². The average molecular weight is 269 g/mol. The van der Waals surface area contributed by atoms with Crippen molar-refractivity contribution in [3.63, 3.8) is 0 Å². The van der Waals surface area contributed by atoms with Gasteiger partial charge in [0.05, 0.1) is 6.61 Å². The summed E-state index contributed by atoms with van der Waals surface area (Å²) in [5.41, 5.74) is 0.599. The second-order valence-corrected chi connectivity index (χ2v) is 5.85. The highest BCUT2D eigenvalue weighted by atomic mass is 32.1. The Balaban J connectivity index is 2.01. The first-order chi connectivity index (χ1) is 8.67. The second kappa shape index (κ2) is 5.82. The largest absolute Gasteiger partial charge is 0.477 e. The molecule has 0 amide bonds. The van der Waals surface area contributed by atoms with Crippen molar-refractivity contribution in [1.29, 1.82) is 0 Å². The Morgan fingerprint density at radius 3 is 2.72 bits per heavy atom. The number of aliphatic hydroxyl groups excluding tert-OH is 1. The fourth-order valence-corrected chi connectivity index (χ4v) is 3.33. The third kappa shape index (κ3) is 2.91. The third-order valence-corrected chi connectivity index (χ3v) is 4.65. The molecule has 100 valence electrons. The average Bonchev–Trinajstić information content (AvgIpc) is 2.86. The lowest BCUT2D eigenvalue weighted by atomic mass is 9.82. The molecule has 1 aromatic heterocycles. The van der Waals surface area contributed by atoms with Crippen molar-refractivity contribution in [2.45, 2.75) is 44.2 Å². The minimum Gasteiger partial charge on any atom is -0.477 e. The van der Waals surface area contributed by atoms with Gasteiger partial charge < -0.3 is 15.5 Å². The smallest absolute Gasteiger partial charge is 0.346 e. The lowest BCUT2D eigenvalue weighted by molar-refractivity contribution is 0.0700. The molecule has 1 saturated carbocycles. The molecule has 1 aliphatic rings. The fraction of sp³-hybridized carbons (Fsp3) is 0.615. The van der Waals surface area contributed by atoms with Gasteiger partial charge in [-0.15, -0.1) is 11.3 Å². The Morgan fingerprint density at radius 1 is 1.39 bits per heavy atom. The first-order valence-electron chi connectivity index (χ1n) is 6.32. The minimum atomic E-state index is -0.872. The lowest BCUT2D eigenvalue weighted by Crippen LogP contribution is -2.49. The lowest BCUT2D eigenvalue weighted by Gasteiger charge is -2.36. The summed E-state index contributed by atoms with van der Waals surface area (Å²) in [5, 5.41) is 23.8. The van der Waals surface area contributed by atoms with Gasteiger partial charge in [-0.3, -0.25) is 0 Å². The van der Waals surface area contributed by atoms with Crippen molar-refractivity contribution < 1.29 is 15.0 Å². The minimum absolute atomic E-state index is 0.125. The van der Waals surface area contributed by atoms with Crippen molar-refractivity contribution in [2.24, 2.45) is 0 Å². The molecular formula is C13H19NO3S. The van der Waals surface area contributed by atoms with Crippen LogP contribution in [0.5, 0.6) is 0 Å². The molecule has 1 aromatic rings. The van der Waals surface area contributed by atoms with Gasteiger partial charge in [-0.2, -0.15) is 0 Å². The van der Waals surface area contributed by atoms with Crippen LogP contribution in [-0.2, 0) is 6.54 Å². The van der Waals surface area contributed by atoms with E-state index in [2.05, 4.69) is 5.32 Å². The number of hydrogen-bond acceptors (Lipinski definition) is 4. The summed E-state index contributed by atoms with van der Waals surface area (Å²) in [6.45, 7) is 0.644. The summed E-state index contributed by atoms with van der Waals surface area (Å²) >= 11 is 1.25. The zero-order valence-corrected chi connectivity index (χ0v) is 11.1. The van der Waals surface area contributed by atoms with E-state index in [0.29, 0.717) is 11.4 Å². The topological polar surface area (TPSA) is 69.6 Å². The first-order valence-corrected chi connectivity index (χ1v) is 7.20. The highest BCUT2D eigenvalue weighted by molar-refractivity contribution is 7.12. The number of rotatable bonds is 5. The zero-order chi connectivity index (χ0) is 13.0. The van der Waals surface area contributed by atoms with Gasteiger partial charge in [-0.05, 0) is 29.9 Å². The molecule has 0 aromatic carbocycles. The molecule has 4 nitrogen and oxygen atoms in total. The molecule has 1 fully saturated rings. The van der Waals surface area contributed by atoms with Gasteiger partial charge in [0.1, 0.15) is 4.88 Å². The summed E-state index contributed by atoms with van der Waals surface area (Å²) < 4.78 is 0. The van der Waals surface area contributed by atoms with E-state index < -0.39 is 5.97 Å². The van der Waals surface area contributed by atoms with Crippen LogP contribution >= 0.6 is 11.3 Å². The van der Waals surface area contributed by atoms with E-state index in [0.717, 1.165) is 31.2 Å². The van der Waals surface area contributed by atoms with Crippen LogP contribution in [0.2, 0.25) is 0 Å². The molecule has 0 unspecified atom stereocenters. The summed E-state index contributed by atoms with van der Waals surface area (Å²) in [7, 11) is 0. The molecular weight excluding hydrogens is 250 g/mol. The maximum Gasteiger partial charge on any atom is 0.346 e. The van der Waals surface area contributed by atoms with Crippen molar-refractivity contribution in [2.75, 3.05) is 6.61 Å². The summed E-state index contributed by atoms with van der Waals surface area (Å²) in [5.74, 6) is -0.872. The van der Waals surface area contributed by atoms with E-state index >= 15 is 0 Å². The van der Waals surface area contributed by atoms with Gasteiger partial charge >= 0.3 is 5.97 Å². The molecule has 0 aliphatic heterocycles. The van der Waals surface area contributed by atoms with E-state index in [-0.39, 0.29) is 12.1 Å². The SMILES string of the molecule is O=C(O)c1sccc1CNC1(CO)CCCCC1. The first kappa shape index (κ1) is 13.5. The molecule has 0 saturated heterocycles. The number of aliphatic hydroxyl groups is 1. The van der Waals surface area contributed by atoms with Crippen LogP contribution < -0.4 is 5.32 Å². The van der Waals surface area contributed by atoms with Crippen molar-refractivity contribution >= 4 is 17.3 Å². The van der Waals surface area contributed by atoms with Gasteiger partial charge in [-0.25, -0.2) is 4.79 Å². The van der Waals surface area contributed by atoms with E-state index in [1.165, 1.54) is 17.8 Å². The van der Waals surface area contributed by atoms with Gasteiger partial charge in [0.25, 0.3) is 0 Å². The Kier molecular flexibility index (Phi) is 4.37. The van der Waals surface area contributed by atoms with Crippen LogP contribution in [0.3, 0.4) is 0 Å². The van der Waals surface area contributed by atoms with Gasteiger partial charge in [0, 0.05) is 12.1 Å². The second-order valence-electron chi connectivity index (χ2n) is 4.93. The standard InChI is InChI=1S/C13H19NO3S/c15-9-13(5-2-1-3-6-13)14-8-10-4-7-18-11(10)12(16)17/h4,7,14-15H,1-3,5-6,8-9H2,(H,16,17). The number of thiophene rings is 1.